The van der Waals surface area contributed by atoms with Crippen LogP contribution >= 0.6 is 0 Å². The van der Waals surface area contributed by atoms with Crippen LogP contribution in [0.15, 0.2) is 0 Å². The number of nitrogens with one attached hydrogen (secondary N) is 1. The molecule has 2 amide bonds. The van der Waals surface area contributed by atoms with Crippen molar-refractivity contribution in [2.75, 3.05) is 0 Å². The summed E-state index contributed by atoms with van der Waals surface area (Å²) in [5.41, 5.74) is 5.14. The molecule has 20 heavy (non-hydrogen) atoms. The van der Waals surface area contributed by atoms with Gasteiger partial charge in [-0.3, -0.25) is 4.79 Å². The van der Waals surface area contributed by atoms with Gasteiger partial charge in [0.2, 0.25) is 5.91 Å². The van der Waals surface area contributed by atoms with E-state index in [1.165, 1.54) is 19.3 Å². The van der Waals surface area contributed by atoms with Gasteiger partial charge < -0.3 is 15.8 Å². The van der Waals surface area contributed by atoms with E-state index in [-0.39, 0.29) is 11.3 Å². The zero-order chi connectivity index (χ0) is 15.0. The highest BCUT2D eigenvalue weighted by atomic mass is 16.6. The highest BCUT2D eigenvalue weighted by Crippen LogP contribution is 2.62. The van der Waals surface area contributed by atoms with Gasteiger partial charge in [0.15, 0.2) is 0 Å². The van der Waals surface area contributed by atoms with Crippen molar-refractivity contribution in [3.8, 4) is 0 Å². The molecule has 0 saturated heterocycles. The normalized spacial score (nSPS) is 25.9. The highest BCUT2D eigenvalue weighted by Gasteiger charge is 2.58. The lowest BCUT2D eigenvalue weighted by atomic mass is 9.83. The van der Waals surface area contributed by atoms with E-state index in [1.807, 2.05) is 0 Å². The average Bonchev–Trinajstić information content (AvgIpc) is 2.97. The first-order valence-corrected chi connectivity index (χ1v) is 7.52. The van der Waals surface area contributed by atoms with Gasteiger partial charge in [-0.1, -0.05) is 19.3 Å². The van der Waals surface area contributed by atoms with E-state index in [0.717, 1.165) is 19.3 Å². The van der Waals surface area contributed by atoms with Crippen molar-refractivity contribution < 1.29 is 14.3 Å². The number of hydrogen-bond donors (Lipinski definition) is 2. The Kier molecular flexibility index (Phi) is 3.98. The van der Waals surface area contributed by atoms with Crippen molar-refractivity contribution in [3.63, 3.8) is 0 Å². The molecule has 5 heteroatoms. The fourth-order valence-corrected chi connectivity index (χ4v) is 3.49. The minimum Gasteiger partial charge on any atom is -0.444 e. The molecule has 0 bridgehead atoms. The van der Waals surface area contributed by atoms with Crippen molar-refractivity contribution in [1.82, 2.24) is 5.32 Å². The minimum atomic E-state index is -0.594. The fourth-order valence-electron chi connectivity index (χ4n) is 3.49. The van der Waals surface area contributed by atoms with Crippen molar-refractivity contribution in [2.24, 2.45) is 17.1 Å². The van der Waals surface area contributed by atoms with E-state index >= 15 is 0 Å². The van der Waals surface area contributed by atoms with Gasteiger partial charge in [-0.2, -0.15) is 0 Å². The number of primary amides is 1. The topological polar surface area (TPSA) is 81.4 Å². The second kappa shape index (κ2) is 5.26. The van der Waals surface area contributed by atoms with Gasteiger partial charge >= 0.3 is 6.09 Å². The molecule has 2 atom stereocenters. The number of ether oxygens (including phenoxy) is 1. The summed E-state index contributed by atoms with van der Waals surface area (Å²) in [4.78, 5) is 23.5. The molecule has 3 N–H and O–H groups in total. The monoisotopic (exact) mass is 282 g/mol. The first kappa shape index (κ1) is 15.1. The van der Waals surface area contributed by atoms with Gasteiger partial charge in [0.25, 0.3) is 0 Å². The quantitative estimate of drug-likeness (QED) is 0.833. The third-order valence-electron chi connectivity index (χ3n) is 4.48. The zero-order valence-electron chi connectivity index (χ0n) is 12.7. The van der Waals surface area contributed by atoms with Crippen LogP contribution in [-0.4, -0.2) is 23.6 Å². The Labute approximate surface area is 120 Å². The number of carbonyl (C=O) groups excluding carboxylic acids is 2. The predicted octanol–water partition coefficient (Wildman–Crippen LogP) is 2.34. The Hall–Kier alpha value is -1.26. The molecule has 0 aromatic carbocycles. The molecule has 0 aromatic heterocycles. The van der Waals surface area contributed by atoms with Crippen LogP contribution in [0.4, 0.5) is 4.79 Å². The second-order valence-corrected chi connectivity index (χ2v) is 7.26. The van der Waals surface area contributed by atoms with Crippen LogP contribution in [-0.2, 0) is 9.53 Å². The maximum Gasteiger partial charge on any atom is 0.408 e. The molecule has 0 heterocycles. The van der Waals surface area contributed by atoms with Gasteiger partial charge in [0.1, 0.15) is 11.6 Å². The van der Waals surface area contributed by atoms with Gasteiger partial charge in [-0.05, 0) is 51.4 Å². The Morgan fingerprint density at radius 3 is 2.35 bits per heavy atom. The lowest BCUT2D eigenvalue weighted by Gasteiger charge is -2.26. The van der Waals surface area contributed by atoms with Gasteiger partial charge in [-0.25, -0.2) is 4.79 Å². The molecule has 2 aliphatic rings. The molecule has 2 saturated carbocycles. The number of alkyl carbamates (subject to hydrolysis) is 1. The fraction of sp³-hybridized carbons (Fsp3) is 0.867. The van der Waals surface area contributed by atoms with E-state index < -0.39 is 23.6 Å². The standard InChI is InChI=1S/C15H26N2O3/c1-14(2,3)20-13(19)17-11(12(16)18)10-9-15(10)7-5-4-6-8-15/h10-11H,4-9H2,1-3H3,(H2,16,18)(H,17,19). The molecule has 2 fully saturated rings. The molecule has 2 rings (SSSR count). The summed E-state index contributed by atoms with van der Waals surface area (Å²) in [7, 11) is 0. The van der Waals surface area contributed by atoms with E-state index in [4.69, 9.17) is 10.5 Å². The number of rotatable bonds is 3. The maximum absolute atomic E-state index is 11.8. The van der Waals surface area contributed by atoms with Crippen LogP contribution in [0.2, 0.25) is 0 Å². The molecule has 2 aliphatic carbocycles. The Bertz CT molecular complexity index is 394. The third-order valence-corrected chi connectivity index (χ3v) is 4.48. The summed E-state index contributed by atoms with van der Waals surface area (Å²) in [6.45, 7) is 5.39. The van der Waals surface area contributed by atoms with Crippen LogP contribution in [0.5, 0.6) is 0 Å². The predicted molar refractivity (Wildman–Crippen MR) is 76.0 cm³/mol. The lowest BCUT2D eigenvalue weighted by Crippen LogP contribution is -2.48. The summed E-state index contributed by atoms with van der Waals surface area (Å²) in [6.07, 6.45) is 6.45. The molecule has 0 radical (unpaired) electrons. The van der Waals surface area contributed by atoms with Gasteiger partial charge in [0, 0.05) is 0 Å². The van der Waals surface area contributed by atoms with E-state index in [0.29, 0.717) is 0 Å². The van der Waals surface area contributed by atoms with E-state index in [1.54, 1.807) is 20.8 Å². The molecule has 0 aliphatic heterocycles. The Morgan fingerprint density at radius 1 is 1.25 bits per heavy atom. The number of hydrogen-bond acceptors (Lipinski definition) is 3. The van der Waals surface area contributed by atoms with Crippen LogP contribution in [0, 0.1) is 11.3 Å². The molecule has 114 valence electrons. The summed E-state index contributed by atoms with van der Waals surface area (Å²) in [6, 6.07) is -0.594. The second-order valence-electron chi connectivity index (χ2n) is 7.26. The highest BCUT2D eigenvalue weighted by molar-refractivity contribution is 5.85. The minimum absolute atomic E-state index is 0.188. The van der Waals surface area contributed by atoms with Crippen LogP contribution in [0.25, 0.3) is 0 Å². The number of amides is 2. The first-order valence-electron chi connectivity index (χ1n) is 7.52. The summed E-state index contributed by atoms with van der Waals surface area (Å²) >= 11 is 0. The summed E-state index contributed by atoms with van der Waals surface area (Å²) < 4.78 is 5.21. The lowest BCUT2D eigenvalue weighted by molar-refractivity contribution is -0.120. The largest absolute Gasteiger partial charge is 0.444 e. The SMILES string of the molecule is CC(C)(C)OC(=O)NC(C(N)=O)C1CC12CCCCC2. The summed E-state index contributed by atoms with van der Waals surface area (Å²) in [5.74, 6) is -0.267. The van der Waals surface area contributed by atoms with Crippen LogP contribution in [0.1, 0.15) is 59.3 Å². The van der Waals surface area contributed by atoms with Crippen molar-refractivity contribution in [1.29, 1.82) is 0 Å². The molecule has 1 spiro atoms. The molecule has 0 aromatic rings. The van der Waals surface area contributed by atoms with Crippen molar-refractivity contribution >= 4 is 12.0 Å². The van der Waals surface area contributed by atoms with E-state index in [2.05, 4.69) is 5.32 Å². The van der Waals surface area contributed by atoms with Crippen LogP contribution < -0.4 is 11.1 Å². The molecular weight excluding hydrogens is 256 g/mol. The van der Waals surface area contributed by atoms with Crippen molar-refractivity contribution in [2.45, 2.75) is 70.9 Å². The van der Waals surface area contributed by atoms with Gasteiger partial charge in [0.05, 0.1) is 0 Å². The first-order chi connectivity index (χ1) is 9.23. The van der Waals surface area contributed by atoms with E-state index in [9.17, 15) is 9.59 Å². The zero-order valence-corrected chi connectivity index (χ0v) is 12.7. The van der Waals surface area contributed by atoms with Gasteiger partial charge in [-0.15, -0.1) is 0 Å². The molecular formula is C15H26N2O3. The van der Waals surface area contributed by atoms with Crippen molar-refractivity contribution in [3.05, 3.63) is 0 Å². The maximum atomic E-state index is 11.8. The smallest absolute Gasteiger partial charge is 0.408 e. The Balaban J connectivity index is 1.95. The number of nitrogens with two attached hydrogens (primary N) is 1. The van der Waals surface area contributed by atoms with Crippen LogP contribution in [0.3, 0.4) is 0 Å². The average molecular weight is 282 g/mol. The summed E-state index contributed by atoms with van der Waals surface area (Å²) in [5, 5.41) is 2.67. The molecule has 5 nitrogen and oxygen atoms in total. The third kappa shape index (κ3) is 3.44. The molecule has 2 unspecified atom stereocenters. The Morgan fingerprint density at radius 2 is 1.85 bits per heavy atom. The number of carbonyl (C=O) groups is 2.